The molecule has 1 saturated heterocycles. The van der Waals surface area contributed by atoms with E-state index in [1.807, 2.05) is 42.5 Å². The highest BCUT2D eigenvalue weighted by Crippen LogP contribution is 2.19. The van der Waals surface area contributed by atoms with Crippen LogP contribution in [-0.2, 0) is 11.3 Å². The summed E-state index contributed by atoms with van der Waals surface area (Å²) in [6, 6.07) is 13.8. The third-order valence-electron chi connectivity index (χ3n) is 3.33. The average molecular weight is 271 g/mol. The molecule has 0 spiro atoms. The number of carbonyl (C=O) groups excluding carboxylic acids is 1. The quantitative estimate of drug-likeness (QED) is 0.788. The van der Waals surface area contributed by atoms with Crippen molar-refractivity contribution >= 4 is 5.91 Å². The molecule has 0 aliphatic carbocycles. The first-order valence-corrected chi connectivity index (χ1v) is 6.67. The number of amides is 1. The number of nitrogens with one attached hydrogen (secondary N) is 3. The van der Waals surface area contributed by atoms with E-state index < -0.39 is 0 Å². The smallest absolute Gasteiger partial charge is 0.224 e. The van der Waals surface area contributed by atoms with Crippen LogP contribution in [0.4, 0.5) is 0 Å². The zero-order valence-corrected chi connectivity index (χ0v) is 11.0. The van der Waals surface area contributed by atoms with Gasteiger partial charge in [0.15, 0.2) is 0 Å². The molecule has 2 atom stereocenters. The molecule has 1 aromatic carbocycles. The van der Waals surface area contributed by atoms with Crippen LogP contribution < -0.4 is 16.0 Å². The number of hydrogen-bond donors (Lipinski definition) is 3. The van der Waals surface area contributed by atoms with Crippen molar-refractivity contribution in [2.75, 3.05) is 0 Å². The van der Waals surface area contributed by atoms with Crippen LogP contribution in [-0.4, -0.2) is 12.2 Å². The van der Waals surface area contributed by atoms with E-state index in [0.717, 1.165) is 11.3 Å². The van der Waals surface area contributed by atoms with Crippen molar-refractivity contribution < 1.29 is 9.21 Å². The molecule has 1 amide bonds. The summed E-state index contributed by atoms with van der Waals surface area (Å²) in [5.74, 6) is 0.873. The molecule has 0 bridgehead atoms. The van der Waals surface area contributed by atoms with Crippen molar-refractivity contribution in [1.82, 2.24) is 16.0 Å². The van der Waals surface area contributed by atoms with Gasteiger partial charge < -0.3 is 9.73 Å². The van der Waals surface area contributed by atoms with Gasteiger partial charge in [0, 0.05) is 12.5 Å². The van der Waals surface area contributed by atoms with Gasteiger partial charge in [-0.2, -0.15) is 0 Å². The highest BCUT2D eigenvalue weighted by molar-refractivity contribution is 5.77. The summed E-state index contributed by atoms with van der Waals surface area (Å²) in [7, 11) is 0. The van der Waals surface area contributed by atoms with Gasteiger partial charge in [-0.15, -0.1) is 0 Å². The molecule has 1 fully saturated rings. The molecular weight excluding hydrogens is 254 g/mol. The van der Waals surface area contributed by atoms with E-state index in [1.165, 1.54) is 0 Å². The third-order valence-corrected chi connectivity index (χ3v) is 3.33. The van der Waals surface area contributed by atoms with Crippen LogP contribution in [0, 0.1) is 0 Å². The van der Waals surface area contributed by atoms with Crippen molar-refractivity contribution in [3.8, 4) is 0 Å². The van der Waals surface area contributed by atoms with Crippen molar-refractivity contribution in [1.29, 1.82) is 0 Å². The Morgan fingerprint density at radius 2 is 2.05 bits per heavy atom. The number of rotatable bonds is 4. The van der Waals surface area contributed by atoms with E-state index in [9.17, 15) is 4.79 Å². The Labute approximate surface area is 117 Å². The van der Waals surface area contributed by atoms with Gasteiger partial charge in [0.05, 0.1) is 12.8 Å². The Morgan fingerprint density at radius 1 is 1.20 bits per heavy atom. The van der Waals surface area contributed by atoms with E-state index in [2.05, 4.69) is 16.0 Å². The lowest BCUT2D eigenvalue weighted by molar-refractivity contribution is -0.125. The number of carbonyl (C=O) groups is 1. The van der Waals surface area contributed by atoms with Crippen LogP contribution in [0.3, 0.4) is 0 Å². The fraction of sp³-hybridized carbons (Fsp3) is 0.267. The first kappa shape index (κ1) is 12.9. The van der Waals surface area contributed by atoms with Crippen molar-refractivity contribution in [2.45, 2.75) is 25.3 Å². The fourth-order valence-electron chi connectivity index (χ4n) is 2.33. The second kappa shape index (κ2) is 5.90. The van der Waals surface area contributed by atoms with Crippen LogP contribution in [0.1, 0.15) is 23.8 Å². The van der Waals surface area contributed by atoms with Gasteiger partial charge in [0.1, 0.15) is 12.0 Å². The van der Waals surface area contributed by atoms with Crippen LogP contribution in [0.25, 0.3) is 0 Å². The average Bonchev–Trinajstić information content (AvgIpc) is 2.99. The number of furan rings is 1. The van der Waals surface area contributed by atoms with Crippen LogP contribution in [0.2, 0.25) is 0 Å². The molecule has 104 valence electrons. The van der Waals surface area contributed by atoms with Crippen molar-refractivity contribution in [3.05, 3.63) is 60.1 Å². The van der Waals surface area contributed by atoms with Gasteiger partial charge in [-0.25, -0.2) is 0 Å². The molecule has 0 radical (unpaired) electrons. The van der Waals surface area contributed by atoms with Crippen LogP contribution in [0.5, 0.6) is 0 Å². The van der Waals surface area contributed by atoms with Crippen molar-refractivity contribution in [3.63, 3.8) is 0 Å². The molecule has 5 heteroatoms. The van der Waals surface area contributed by atoms with Gasteiger partial charge >= 0.3 is 0 Å². The standard InChI is InChI=1S/C15H17N3O2/c19-14-9-13(11-5-2-1-3-6-11)17-15(18-14)16-10-12-7-4-8-20-12/h1-8,13,15-17H,9-10H2,(H,18,19). The molecule has 1 aliphatic rings. The minimum Gasteiger partial charge on any atom is -0.468 e. The first-order valence-electron chi connectivity index (χ1n) is 6.67. The molecule has 1 aliphatic heterocycles. The first-order chi connectivity index (χ1) is 9.81. The largest absolute Gasteiger partial charge is 0.468 e. The summed E-state index contributed by atoms with van der Waals surface area (Å²) in [6.45, 7) is 0.562. The number of hydrogen-bond acceptors (Lipinski definition) is 4. The molecule has 1 aromatic heterocycles. The minimum absolute atomic E-state index is 0.0269. The normalized spacial score (nSPS) is 22.5. The fourth-order valence-corrected chi connectivity index (χ4v) is 2.33. The number of benzene rings is 1. The molecule has 3 rings (SSSR count). The van der Waals surface area contributed by atoms with Gasteiger partial charge in [0.25, 0.3) is 0 Å². The SMILES string of the molecule is O=C1CC(c2ccccc2)NC(NCc2ccco2)N1. The monoisotopic (exact) mass is 271 g/mol. The summed E-state index contributed by atoms with van der Waals surface area (Å²) in [5, 5.41) is 9.47. The Morgan fingerprint density at radius 3 is 2.80 bits per heavy atom. The molecule has 20 heavy (non-hydrogen) atoms. The lowest BCUT2D eigenvalue weighted by Crippen LogP contribution is -2.59. The molecule has 3 N–H and O–H groups in total. The van der Waals surface area contributed by atoms with Gasteiger partial charge in [-0.1, -0.05) is 30.3 Å². The molecule has 2 heterocycles. The highest BCUT2D eigenvalue weighted by Gasteiger charge is 2.26. The summed E-state index contributed by atoms with van der Waals surface area (Å²) >= 11 is 0. The summed E-state index contributed by atoms with van der Waals surface area (Å²) in [4.78, 5) is 11.8. The zero-order chi connectivity index (χ0) is 13.8. The maximum Gasteiger partial charge on any atom is 0.224 e. The van der Waals surface area contributed by atoms with E-state index in [0.29, 0.717) is 13.0 Å². The lowest BCUT2D eigenvalue weighted by Gasteiger charge is -2.32. The predicted octanol–water partition coefficient (Wildman–Crippen LogP) is 1.50. The minimum atomic E-state index is -0.258. The predicted molar refractivity (Wildman–Crippen MR) is 74.4 cm³/mol. The third kappa shape index (κ3) is 3.07. The van der Waals surface area contributed by atoms with Crippen LogP contribution >= 0.6 is 0 Å². The Hall–Kier alpha value is -2.11. The Balaban J connectivity index is 1.63. The Kier molecular flexibility index (Phi) is 3.80. The highest BCUT2D eigenvalue weighted by atomic mass is 16.3. The second-order valence-electron chi connectivity index (χ2n) is 4.79. The van der Waals surface area contributed by atoms with E-state index in [1.54, 1.807) is 6.26 Å². The molecule has 2 unspecified atom stereocenters. The summed E-state index contributed by atoms with van der Waals surface area (Å²) < 4.78 is 5.26. The van der Waals surface area contributed by atoms with Gasteiger partial charge in [-0.3, -0.25) is 15.4 Å². The maximum atomic E-state index is 11.8. The van der Waals surface area contributed by atoms with Gasteiger partial charge in [0.2, 0.25) is 5.91 Å². The van der Waals surface area contributed by atoms with E-state index in [-0.39, 0.29) is 18.2 Å². The van der Waals surface area contributed by atoms with Crippen LogP contribution in [0.15, 0.2) is 53.1 Å². The summed E-state index contributed by atoms with van der Waals surface area (Å²) in [6.07, 6.45) is 1.83. The molecular formula is C15H17N3O2. The van der Waals surface area contributed by atoms with E-state index in [4.69, 9.17) is 4.42 Å². The lowest BCUT2D eigenvalue weighted by atomic mass is 10.0. The van der Waals surface area contributed by atoms with Crippen molar-refractivity contribution in [2.24, 2.45) is 0 Å². The molecule has 2 aromatic rings. The molecule has 0 saturated carbocycles. The Bertz CT molecular complexity index is 554. The summed E-state index contributed by atoms with van der Waals surface area (Å²) in [5.41, 5.74) is 1.12. The second-order valence-corrected chi connectivity index (χ2v) is 4.79. The van der Waals surface area contributed by atoms with E-state index >= 15 is 0 Å². The van der Waals surface area contributed by atoms with Gasteiger partial charge in [-0.05, 0) is 17.7 Å². The zero-order valence-electron chi connectivity index (χ0n) is 11.0. The maximum absolute atomic E-state index is 11.8. The molecule has 5 nitrogen and oxygen atoms in total. The topological polar surface area (TPSA) is 66.3 Å².